The maximum atomic E-state index is 11.7. The van der Waals surface area contributed by atoms with Crippen molar-refractivity contribution in [1.82, 2.24) is 4.90 Å². The molecule has 1 amide bonds. The van der Waals surface area contributed by atoms with Crippen molar-refractivity contribution in [1.29, 1.82) is 0 Å². The molecule has 0 unspecified atom stereocenters. The molecule has 1 atom stereocenters. The standard InChI is InChI=1S/C13H17NO/c1-3-13(15)14-9-12-7-5-4-6-11(12)8-10(14)2/h4-7,10H,3,8-9H2,1-2H3/t10-/m0/s1. The zero-order valence-electron chi connectivity index (χ0n) is 9.36. The predicted octanol–water partition coefficient (Wildman–Crippen LogP) is 2.37. The van der Waals surface area contributed by atoms with Crippen LogP contribution in [0.2, 0.25) is 0 Å². The minimum Gasteiger partial charge on any atom is -0.335 e. The Bertz CT molecular complexity index is 373. The molecule has 1 aromatic carbocycles. The summed E-state index contributed by atoms with van der Waals surface area (Å²) in [5.41, 5.74) is 2.70. The van der Waals surface area contributed by atoms with Gasteiger partial charge in [0.2, 0.25) is 5.91 Å². The quantitative estimate of drug-likeness (QED) is 0.686. The van der Waals surface area contributed by atoms with E-state index >= 15 is 0 Å². The number of carbonyl (C=O) groups is 1. The first-order chi connectivity index (χ1) is 7.22. The highest BCUT2D eigenvalue weighted by Gasteiger charge is 2.24. The van der Waals surface area contributed by atoms with Crippen LogP contribution in [0, 0.1) is 0 Å². The highest BCUT2D eigenvalue weighted by atomic mass is 16.2. The van der Waals surface area contributed by atoms with Crippen LogP contribution >= 0.6 is 0 Å². The van der Waals surface area contributed by atoms with Gasteiger partial charge in [-0.3, -0.25) is 4.79 Å². The first kappa shape index (κ1) is 10.2. The fraction of sp³-hybridized carbons (Fsp3) is 0.462. The van der Waals surface area contributed by atoms with Crippen LogP contribution in [0.1, 0.15) is 31.4 Å². The molecule has 0 fully saturated rings. The number of nitrogens with zero attached hydrogens (tertiary/aromatic N) is 1. The van der Waals surface area contributed by atoms with E-state index in [0.717, 1.165) is 13.0 Å². The number of benzene rings is 1. The molecule has 0 bridgehead atoms. The summed E-state index contributed by atoms with van der Waals surface area (Å²) in [5.74, 6) is 0.261. The molecular formula is C13H17NO. The van der Waals surface area contributed by atoms with Crippen LogP contribution in [0.5, 0.6) is 0 Å². The first-order valence-corrected chi connectivity index (χ1v) is 5.58. The normalized spacial score (nSPS) is 19.9. The zero-order valence-corrected chi connectivity index (χ0v) is 9.36. The fourth-order valence-electron chi connectivity index (χ4n) is 2.22. The van der Waals surface area contributed by atoms with Crippen LogP contribution in [-0.4, -0.2) is 16.8 Å². The Morgan fingerprint density at radius 3 is 2.73 bits per heavy atom. The van der Waals surface area contributed by atoms with E-state index in [0.29, 0.717) is 12.5 Å². The molecule has 0 radical (unpaired) electrons. The lowest BCUT2D eigenvalue weighted by molar-refractivity contribution is -0.133. The van der Waals surface area contributed by atoms with Crippen molar-refractivity contribution in [3.63, 3.8) is 0 Å². The van der Waals surface area contributed by atoms with Crippen molar-refractivity contribution in [2.24, 2.45) is 0 Å². The molecule has 1 aliphatic rings. The van der Waals surface area contributed by atoms with E-state index in [9.17, 15) is 4.79 Å². The van der Waals surface area contributed by atoms with Gasteiger partial charge in [0.05, 0.1) is 0 Å². The molecule has 15 heavy (non-hydrogen) atoms. The number of hydrogen-bond donors (Lipinski definition) is 0. The van der Waals surface area contributed by atoms with E-state index in [1.54, 1.807) is 0 Å². The molecule has 80 valence electrons. The van der Waals surface area contributed by atoms with Crippen molar-refractivity contribution < 1.29 is 4.79 Å². The van der Waals surface area contributed by atoms with Crippen LogP contribution in [-0.2, 0) is 17.8 Å². The van der Waals surface area contributed by atoms with Crippen molar-refractivity contribution in [2.75, 3.05) is 0 Å². The molecular weight excluding hydrogens is 186 g/mol. The minimum absolute atomic E-state index is 0.261. The number of carbonyl (C=O) groups excluding carboxylic acids is 1. The van der Waals surface area contributed by atoms with Crippen LogP contribution in [0.15, 0.2) is 24.3 Å². The van der Waals surface area contributed by atoms with Crippen molar-refractivity contribution in [2.45, 2.75) is 39.3 Å². The molecule has 0 aromatic heterocycles. The summed E-state index contributed by atoms with van der Waals surface area (Å²) in [4.78, 5) is 13.7. The second-order valence-corrected chi connectivity index (χ2v) is 4.20. The molecule has 1 aliphatic heterocycles. The van der Waals surface area contributed by atoms with E-state index in [4.69, 9.17) is 0 Å². The van der Waals surface area contributed by atoms with Crippen LogP contribution in [0.3, 0.4) is 0 Å². The second kappa shape index (κ2) is 4.05. The fourth-order valence-corrected chi connectivity index (χ4v) is 2.22. The third kappa shape index (κ3) is 1.89. The molecule has 1 heterocycles. The van der Waals surface area contributed by atoms with Gasteiger partial charge in [-0.25, -0.2) is 0 Å². The van der Waals surface area contributed by atoms with Gasteiger partial charge in [-0.2, -0.15) is 0 Å². The van der Waals surface area contributed by atoms with Crippen LogP contribution in [0.25, 0.3) is 0 Å². The molecule has 1 aromatic rings. The van der Waals surface area contributed by atoms with Gasteiger partial charge in [0.15, 0.2) is 0 Å². The number of amides is 1. The largest absolute Gasteiger partial charge is 0.335 e. The lowest BCUT2D eigenvalue weighted by Crippen LogP contribution is -2.42. The lowest BCUT2D eigenvalue weighted by atomic mass is 9.95. The van der Waals surface area contributed by atoms with Crippen molar-refractivity contribution in [3.8, 4) is 0 Å². The summed E-state index contributed by atoms with van der Waals surface area (Å²) in [6.07, 6.45) is 1.59. The van der Waals surface area contributed by atoms with E-state index < -0.39 is 0 Å². The monoisotopic (exact) mass is 203 g/mol. The third-order valence-corrected chi connectivity index (χ3v) is 3.13. The topological polar surface area (TPSA) is 20.3 Å². The van der Waals surface area contributed by atoms with Crippen LogP contribution < -0.4 is 0 Å². The van der Waals surface area contributed by atoms with Gasteiger partial charge < -0.3 is 4.90 Å². The Morgan fingerprint density at radius 1 is 1.40 bits per heavy atom. The Balaban J connectivity index is 2.25. The van der Waals surface area contributed by atoms with Gasteiger partial charge in [0, 0.05) is 19.0 Å². The summed E-state index contributed by atoms with van der Waals surface area (Å²) >= 11 is 0. The average molecular weight is 203 g/mol. The lowest BCUT2D eigenvalue weighted by Gasteiger charge is -2.34. The molecule has 0 aliphatic carbocycles. The molecule has 2 nitrogen and oxygen atoms in total. The van der Waals surface area contributed by atoms with E-state index in [1.807, 2.05) is 17.9 Å². The Hall–Kier alpha value is -1.31. The van der Waals surface area contributed by atoms with Crippen LogP contribution in [0.4, 0.5) is 0 Å². The summed E-state index contributed by atoms with van der Waals surface area (Å²) < 4.78 is 0. The molecule has 0 saturated heterocycles. The molecule has 0 spiro atoms. The minimum atomic E-state index is 0.261. The summed E-state index contributed by atoms with van der Waals surface area (Å²) in [6.45, 7) is 4.84. The van der Waals surface area contributed by atoms with Gasteiger partial charge in [0.1, 0.15) is 0 Å². The van der Waals surface area contributed by atoms with Gasteiger partial charge in [-0.05, 0) is 24.5 Å². The van der Waals surface area contributed by atoms with E-state index in [-0.39, 0.29) is 5.91 Å². The summed E-state index contributed by atoms with van der Waals surface area (Å²) in [6, 6.07) is 8.75. The number of hydrogen-bond acceptors (Lipinski definition) is 1. The van der Waals surface area contributed by atoms with E-state index in [1.165, 1.54) is 11.1 Å². The van der Waals surface area contributed by atoms with Crippen molar-refractivity contribution >= 4 is 5.91 Å². The summed E-state index contributed by atoms with van der Waals surface area (Å²) in [5, 5.41) is 0. The molecule has 0 saturated carbocycles. The van der Waals surface area contributed by atoms with Gasteiger partial charge in [-0.1, -0.05) is 31.2 Å². The van der Waals surface area contributed by atoms with Gasteiger partial charge in [-0.15, -0.1) is 0 Å². The predicted molar refractivity (Wildman–Crippen MR) is 60.4 cm³/mol. The maximum Gasteiger partial charge on any atom is 0.222 e. The average Bonchev–Trinajstić information content (AvgIpc) is 2.27. The third-order valence-electron chi connectivity index (χ3n) is 3.13. The maximum absolute atomic E-state index is 11.7. The first-order valence-electron chi connectivity index (χ1n) is 5.58. The number of fused-ring (bicyclic) bond motifs is 1. The van der Waals surface area contributed by atoms with Gasteiger partial charge in [0.25, 0.3) is 0 Å². The molecule has 2 heteroatoms. The molecule has 0 N–H and O–H groups in total. The van der Waals surface area contributed by atoms with Crippen molar-refractivity contribution in [3.05, 3.63) is 35.4 Å². The summed E-state index contributed by atoms with van der Waals surface area (Å²) in [7, 11) is 0. The second-order valence-electron chi connectivity index (χ2n) is 4.20. The Kier molecular flexibility index (Phi) is 2.76. The smallest absolute Gasteiger partial charge is 0.222 e. The Labute approximate surface area is 90.9 Å². The SMILES string of the molecule is CCC(=O)N1Cc2ccccc2C[C@@H]1C. The number of rotatable bonds is 1. The highest BCUT2D eigenvalue weighted by Crippen LogP contribution is 2.23. The van der Waals surface area contributed by atoms with E-state index in [2.05, 4.69) is 25.1 Å². The van der Waals surface area contributed by atoms with Gasteiger partial charge >= 0.3 is 0 Å². The Morgan fingerprint density at radius 2 is 2.07 bits per heavy atom. The zero-order chi connectivity index (χ0) is 10.8. The molecule has 2 rings (SSSR count). The highest BCUT2D eigenvalue weighted by molar-refractivity contribution is 5.76.